The summed E-state index contributed by atoms with van der Waals surface area (Å²) >= 11 is 0. The van der Waals surface area contributed by atoms with Gasteiger partial charge in [-0.25, -0.2) is 0 Å². The summed E-state index contributed by atoms with van der Waals surface area (Å²) in [4.78, 5) is 0. The van der Waals surface area contributed by atoms with Crippen molar-refractivity contribution in [1.82, 2.24) is 10.3 Å². The van der Waals surface area contributed by atoms with Crippen molar-refractivity contribution in [2.45, 2.75) is 32.7 Å². The zero-order valence-electron chi connectivity index (χ0n) is 14.9. The quantitative estimate of drug-likeness (QED) is 0.595. The average Bonchev–Trinajstić information content (AvgIpc) is 3.15. The molecule has 150 valence electrons. The fraction of sp³-hybridized carbons (Fsp3) is 0.333. The topological polar surface area (TPSA) is 81.5 Å². The molecule has 0 spiro atoms. The molecule has 1 heterocycles. The zero-order chi connectivity index (χ0) is 20.5. The molecular weight excluding hydrogens is 382 g/mol. The molecule has 2 aromatic carbocycles. The first-order chi connectivity index (χ1) is 13.2. The van der Waals surface area contributed by atoms with Crippen molar-refractivity contribution >= 4 is 10.8 Å². The van der Waals surface area contributed by atoms with Crippen molar-refractivity contribution in [2.75, 3.05) is 0 Å². The van der Waals surface area contributed by atoms with Gasteiger partial charge in [-0.2, -0.15) is 22.7 Å². The number of benzene rings is 2. The van der Waals surface area contributed by atoms with Gasteiger partial charge in [0.2, 0.25) is 0 Å². The van der Waals surface area contributed by atoms with Crippen LogP contribution >= 0.6 is 0 Å². The lowest BCUT2D eigenvalue weighted by molar-refractivity contribution is -0.455. The highest BCUT2D eigenvalue weighted by molar-refractivity contribution is 5.87. The van der Waals surface area contributed by atoms with E-state index in [1.165, 1.54) is 18.3 Å². The van der Waals surface area contributed by atoms with E-state index in [-0.39, 0.29) is 5.92 Å². The fourth-order valence-corrected chi connectivity index (χ4v) is 3.07. The summed E-state index contributed by atoms with van der Waals surface area (Å²) in [6.07, 6.45) is 1.51. The predicted molar refractivity (Wildman–Crippen MR) is 90.2 cm³/mol. The normalized spacial score (nSPS) is 14.1. The van der Waals surface area contributed by atoms with E-state index < -0.39 is 30.3 Å². The van der Waals surface area contributed by atoms with E-state index in [1.807, 2.05) is 0 Å². The lowest BCUT2D eigenvalue weighted by atomic mass is 9.80. The highest BCUT2D eigenvalue weighted by Gasteiger charge is 2.41. The van der Waals surface area contributed by atoms with Crippen LogP contribution in [-0.2, 0) is 5.60 Å². The maximum absolute atomic E-state index is 12.7. The van der Waals surface area contributed by atoms with Gasteiger partial charge in [-0.1, -0.05) is 31.2 Å². The lowest BCUT2D eigenvalue weighted by Crippen LogP contribution is -2.34. The molecule has 3 N–H and O–H groups in total. The van der Waals surface area contributed by atoms with Crippen LogP contribution in [-0.4, -0.2) is 28.6 Å². The first-order valence-electron chi connectivity index (χ1n) is 8.34. The molecular formula is C18H18F4N3O3+. The Bertz CT molecular complexity index is 951. The molecule has 3 rings (SSSR count). The van der Waals surface area contributed by atoms with Crippen molar-refractivity contribution in [3.05, 3.63) is 47.8 Å². The standard InChI is InChI=1S/C18H17F4N3O3/c1-9(2)18(26,15-8-23-25-24-15)12-4-3-10-6-13(27-16(19)20)14(28-17(21)22)7-11(10)5-12/h3-9,16-17,26H,1-2H3,(H,23,24,25)/p+1/t18-/m0/s1. The Morgan fingerprint density at radius 3 is 2.11 bits per heavy atom. The van der Waals surface area contributed by atoms with Crippen LogP contribution in [0.25, 0.3) is 10.8 Å². The molecule has 0 amide bonds. The van der Waals surface area contributed by atoms with Crippen molar-refractivity contribution < 1.29 is 37.2 Å². The summed E-state index contributed by atoms with van der Waals surface area (Å²) in [7, 11) is 0. The summed E-state index contributed by atoms with van der Waals surface area (Å²) in [5, 5.41) is 21.3. The number of aliphatic hydroxyl groups is 1. The van der Waals surface area contributed by atoms with Crippen LogP contribution < -0.4 is 14.6 Å². The number of fused-ring (bicyclic) bond motifs is 1. The summed E-state index contributed by atoms with van der Waals surface area (Å²) in [5.74, 6) is -1.32. The molecule has 0 saturated heterocycles. The molecule has 0 unspecified atom stereocenters. The molecule has 0 aliphatic rings. The number of halogens is 4. The highest BCUT2D eigenvalue weighted by atomic mass is 19.3. The first-order valence-corrected chi connectivity index (χ1v) is 8.34. The highest BCUT2D eigenvalue weighted by Crippen LogP contribution is 2.39. The smallest absolute Gasteiger partial charge is 0.387 e. The molecule has 28 heavy (non-hydrogen) atoms. The minimum atomic E-state index is -3.21. The first kappa shape index (κ1) is 19.9. The summed E-state index contributed by atoms with van der Waals surface area (Å²) in [6, 6.07) is 7.09. The molecule has 1 atom stereocenters. The van der Waals surface area contributed by atoms with Gasteiger partial charge in [-0.05, 0) is 40.5 Å². The van der Waals surface area contributed by atoms with Gasteiger partial charge in [0.05, 0.1) is 0 Å². The lowest BCUT2D eigenvalue weighted by Gasteiger charge is -2.28. The van der Waals surface area contributed by atoms with E-state index >= 15 is 0 Å². The maximum atomic E-state index is 12.7. The van der Waals surface area contributed by atoms with Crippen LogP contribution in [0.1, 0.15) is 25.1 Å². The Balaban J connectivity index is 2.14. The Labute approximate surface area is 157 Å². The van der Waals surface area contributed by atoms with Crippen molar-refractivity contribution in [3.63, 3.8) is 0 Å². The molecule has 0 aliphatic heterocycles. The second-order valence-corrected chi connectivity index (χ2v) is 6.44. The summed E-state index contributed by atoms with van der Waals surface area (Å²) in [6.45, 7) is -2.82. The number of alkyl halides is 4. The van der Waals surface area contributed by atoms with Gasteiger partial charge in [0, 0.05) is 5.10 Å². The average molecular weight is 400 g/mol. The molecule has 0 fully saturated rings. The van der Waals surface area contributed by atoms with Crippen LogP contribution in [0.2, 0.25) is 0 Å². The number of ether oxygens (including phenoxy) is 2. The number of nitrogens with zero attached hydrogens (tertiary/aromatic N) is 1. The number of hydrogen-bond donors (Lipinski definition) is 2. The van der Waals surface area contributed by atoms with E-state index in [0.29, 0.717) is 22.0 Å². The number of H-pyrrole nitrogens is 2. The van der Waals surface area contributed by atoms with Gasteiger partial charge in [-0.15, -0.1) is 0 Å². The minimum Gasteiger partial charge on any atom is -0.431 e. The van der Waals surface area contributed by atoms with Gasteiger partial charge in [-0.3, -0.25) is 0 Å². The number of hydrogen-bond acceptors (Lipinski definition) is 4. The molecule has 6 nitrogen and oxygen atoms in total. The van der Waals surface area contributed by atoms with Crippen molar-refractivity contribution in [3.8, 4) is 11.5 Å². The van der Waals surface area contributed by atoms with E-state index in [4.69, 9.17) is 0 Å². The van der Waals surface area contributed by atoms with Crippen LogP contribution in [0.5, 0.6) is 11.5 Å². The number of nitrogens with one attached hydrogen (secondary N) is 2. The van der Waals surface area contributed by atoms with Crippen LogP contribution in [0.3, 0.4) is 0 Å². The van der Waals surface area contributed by atoms with Crippen LogP contribution in [0, 0.1) is 5.92 Å². The van der Waals surface area contributed by atoms with Crippen molar-refractivity contribution in [1.29, 1.82) is 0 Å². The monoisotopic (exact) mass is 400 g/mol. The van der Waals surface area contributed by atoms with Gasteiger partial charge >= 0.3 is 13.2 Å². The Hall–Kier alpha value is -2.88. The molecule has 0 saturated carbocycles. The summed E-state index contributed by atoms with van der Waals surface area (Å²) in [5.41, 5.74) is -0.698. The molecule has 0 radical (unpaired) electrons. The molecule has 1 aromatic heterocycles. The fourth-order valence-electron chi connectivity index (χ4n) is 3.07. The molecule has 3 aromatic rings. The second kappa shape index (κ2) is 7.63. The number of aromatic amines is 2. The van der Waals surface area contributed by atoms with Crippen LogP contribution in [0.15, 0.2) is 36.5 Å². The Morgan fingerprint density at radius 2 is 1.61 bits per heavy atom. The second-order valence-electron chi connectivity index (χ2n) is 6.44. The van der Waals surface area contributed by atoms with Crippen molar-refractivity contribution in [2.24, 2.45) is 5.92 Å². The number of aromatic nitrogens is 3. The minimum absolute atomic E-state index is 0.292. The number of rotatable bonds is 7. The third kappa shape index (κ3) is 3.72. The van der Waals surface area contributed by atoms with Gasteiger partial charge in [0.25, 0.3) is 5.69 Å². The SMILES string of the molecule is CC(C)[C@](O)(c1ccc2cc(OC(F)F)c(OC(F)F)cc2c1)c1c[nH+][nH]n1. The summed E-state index contributed by atoms with van der Waals surface area (Å²) < 4.78 is 59.2. The zero-order valence-corrected chi connectivity index (χ0v) is 14.9. The third-order valence-electron chi connectivity index (χ3n) is 4.45. The molecule has 0 bridgehead atoms. The Morgan fingerprint density at radius 1 is 1.00 bits per heavy atom. The van der Waals surface area contributed by atoms with E-state index in [0.717, 1.165) is 0 Å². The van der Waals surface area contributed by atoms with E-state index in [1.54, 1.807) is 32.0 Å². The Kier molecular flexibility index (Phi) is 5.41. The van der Waals surface area contributed by atoms with E-state index in [9.17, 15) is 22.7 Å². The van der Waals surface area contributed by atoms with Gasteiger partial charge < -0.3 is 14.6 Å². The largest absolute Gasteiger partial charge is 0.431 e. The van der Waals surface area contributed by atoms with Crippen LogP contribution in [0.4, 0.5) is 17.6 Å². The molecule has 10 heteroatoms. The maximum Gasteiger partial charge on any atom is 0.387 e. The van der Waals surface area contributed by atoms with Gasteiger partial charge in [0.1, 0.15) is 0 Å². The van der Waals surface area contributed by atoms with E-state index in [2.05, 4.69) is 24.9 Å². The van der Waals surface area contributed by atoms with Gasteiger partial charge in [0.15, 0.2) is 23.3 Å². The molecule has 0 aliphatic carbocycles. The predicted octanol–water partition coefficient (Wildman–Crippen LogP) is 3.47. The third-order valence-corrected chi connectivity index (χ3v) is 4.45.